The second-order valence-corrected chi connectivity index (χ2v) is 5.81. The number of rotatable bonds is 8. The summed E-state index contributed by atoms with van der Waals surface area (Å²) in [6, 6.07) is 15.0. The summed E-state index contributed by atoms with van der Waals surface area (Å²) in [6.45, 7) is 5.02. The highest BCUT2D eigenvalue weighted by atomic mass is 16.5. The van der Waals surface area contributed by atoms with Crippen molar-refractivity contribution in [1.29, 1.82) is 5.26 Å². The van der Waals surface area contributed by atoms with Gasteiger partial charge in [0.25, 0.3) is 5.91 Å². The van der Waals surface area contributed by atoms with E-state index in [4.69, 9.17) is 20.5 Å². The molecule has 134 valence electrons. The van der Waals surface area contributed by atoms with E-state index in [0.717, 1.165) is 12.2 Å². The molecule has 5 nitrogen and oxygen atoms in total. The number of hydrogen-bond donors (Lipinski definition) is 1. The Hall–Kier alpha value is -3.26. The smallest absolute Gasteiger partial charge is 0.259 e. The maximum atomic E-state index is 11.0. The molecule has 0 heterocycles. The SMILES string of the molecule is CCc1cc(C)cc(OCCOc2ccc(C=C(C#N)C(N)=O)cc2)c1. The molecule has 0 atom stereocenters. The van der Waals surface area contributed by atoms with Gasteiger partial charge in [-0.2, -0.15) is 5.26 Å². The Kier molecular flexibility index (Phi) is 6.81. The molecule has 0 aliphatic heterocycles. The molecular formula is C21H22N2O3. The van der Waals surface area contributed by atoms with Crippen LogP contribution in [0.3, 0.4) is 0 Å². The largest absolute Gasteiger partial charge is 0.490 e. The van der Waals surface area contributed by atoms with E-state index in [0.29, 0.717) is 24.5 Å². The van der Waals surface area contributed by atoms with Crippen LogP contribution in [0.2, 0.25) is 0 Å². The van der Waals surface area contributed by atoms with E-state index in [9.17, 15) is 4.79 Å². The van der Waals surface area contributed by atoms with Crippen molar-refractivity contribution in [3.63, 3.8) is 0 Å². The maximum Gasteiger partial charge on any atom is 0.259 e. The Bertz CT molecular complexity index is 833. The average molecular weight is 350 g/mol. The van der Waals surface area contributed by atoms with E-state index in [1.165, 1.54) is 17.2 Å². The quantitative estimate of drug-likeness (QED) is 0.449. The lowest BCUT2D eigenvalue weighted by molar-refractivity contribution is -0.114. The van der Waals surface area contributed by atoms with Gasteiger partial charge >= 0.3 is 0 Å². The molecule has 0 aliphatic rings. The molecule has 1 amide bonds. The number of nitrogens with two attached hydrogens (primary N) is 1. The van der Waals surface area contributed by atoms with Gasteiger partial charge < -0.3 is 15.2 Å². The van der Waals surface area contributed by atoms with Gasteiger partial charge in [-0.05, 0) is 60.4 Å². The van der Waals surface area contributed by atoms with Gasteiger partial charge in [0.1, 0.15) is 36.4 Å². The van der Waals surface area contributed by atoms with Gasteiger partial charge in [0, 0.05) is 0 Å². The molecule has 2 aromatic carbocycles. The molecule has 0 radical (unpaired) electrons. The van der Waals surface area contributed by atoms with Crippen LogP contribution in [0.4, 0.5) is 0 Å². The number of amides is 1. The normalized spacial score (nSPS) is 10.9. The fourth-order valence-corrected chi connectivity index (χ4v) is 2.42. The van der Waals surface area contributed by atoms with Gasteiger partial charge in [-0.3, -0.25) is 4.79 Å². The van der Waals surface area contributed by atoms with Crippen molar-refractivity contribution in [1.82, 2.24) is 0 Å². The minimum Gasteiger partial charge on any atom is -0.490 e. The van der Waals surface area contributed by atoms with Crippen molar-refractivity contribution in [2.45, 2.75) is 20.3 Å². The molecule has 0 aliphatic carbocycles. The van der Waals surface area contributed by atoms with E-state index >= 15 is 0 Å². The van der Waals surface area contributed by atoms with Crippen LogP contribution in [0, 0.1) is 18.3 Å². The Morgan fingerprint density at radius 2 is 1.77 bits per heavy atom. The molecule has 26 heavy (non-hydrogen) atoms. The van der Waals surface area contributed by atoms with Crippen molar-refractivity contribution in [2.24, 2.45) is 5.73 Å². The number of nitrogens with zero attached hydrogens (tertiary/aromatic N) is 1. The Labute approximate surface area is 153 Å². The molecule has 2 rings (SSSR count). The van der Waals surface area contributed by atoms with Gasteiger partial charge in [-0.15, -0.1) is 0 Å². The first-order valence-corrected chi connectivity index (χ1v) is 8.39. The lowest BCUT2D eigenvalue weighted by Crippen LogP contribution is -2.12. The number of primary amides is 1. The number of carbonyl (C=O) groups excluding carboxylic acids is 1. The van der Waals surface area contributed by atoms with Crippen LogP contribution in [-0.2, 0) is 11.2 Å². The topological polar surface area (TPSA) is 85.3 Å². The molecule has 5 heteroatoms. The van der Waals surface area contributed by atoms with Crippen molar-refractivity contribution in [3.8, 4) is 17.6 Å². The minimum atomic E-state index is -0.743. The Balaban J connectivity index is 1.86. The molecule has 0 saturated carbocycles. The van der Waals surface area contributed by atoms with Crippen molar-refractivity contribution in [2.75, 3.05) is 13.2 Å². The second kappa shape index (κ2) is 9.28. The van der Waals surface area contributed by atoms with Crippen LogP contribution >= 0.6 is 0 Å². The van der Waals surface area contributed by atoms with E-state index in [1.54, 1.807) is 30.3 Å². The molecule has 0 unspecified atom stereocenters. The molecule has 2 aromatic rings. The lowest BCUT2D eigenvalue weighted by Gasteiger charge is -2.10. The highest BCUT2D eigenvalue weighted by Crippen LogP contribution is 2.18. The molecule has 2 N–H and O–H groups in total. The summed E-state index contributed by atoms with van der Waals surface area (Å²) in [5.41, 5.74) is 8.16. The molecule has 0 fully saturated rings. The third-order valence-electron chi connectivity index (χ3n) is 3.72. The number of carbonyl (C=O) groups is 1. The van der Waals surface area contributed by atoms with Crippen LogP contribution in [0.15, 0.2) is 48.0 Å². The summed E-state index contributed by atoms with van der Waals surface area (Å²) in [5, 5.41) is 8.84. The zero-order chi connectivity index (χ0) is 18.9. The van der Waals surface area contributed by atoms with Gasteiger partial charge in [-0.1, -0.05) is 25.1 Å². The van der Waals surface area contributed by atoms with Crippen molar-refractivity contribution in [3.05, 3.63) is 64.7 Å². The summed E-state index contributed by atoms with van der Waals surface area (Å²) in [7, 11) is 0. The zero-order valence-corrected chi connectivity index (χ0v) is 15.0. The summed E-state index contributed by atoms with van der Waals surface area (Å²) in [5.74, 6) is 0.788. The third-order valence-corrected chi connectivity index (χ3v) is 3.72. The van der Waals surface area contributed by atoms with E-state index < -0.39 is 5.91 Å². The fourth-order valence-electron chi connectivity index (χ4n) is 2.42. The summed E-state index contributed by atoms with van der Waals surface area (Å²) in [6.07, 6.45) is 2.41. The van der Waals surface area contributed by atoms with Crippen LogP contribution in [0.5, 0.6) is 11.5 Å². The Morgan fingerprint density at radius 1 is 1.12 bits per heavy atom. The first kappa shape index (κ1) is 19.1. The highest BCUT2D eigenvalue weighted by Gasteiger charge is 2.03. The molecule has 0 spiro atoms. The summed E-state index contributed by atoms with van der Waals surface area (Å²) < 4.78 is 11.4. The van der Waals surface area contributed by atoms with Gasteiger partial charge in [-0.25, -0.2) is 0 Å². The molecule has 0 aromatic heterocycles. The first-order chi connectivity index (χ1) is 12.5. The Morgan fingerprint density at radius 3 is 2.35 bits per heavy atom. The first-order valence-electron chi connectivity index (χ1n) is 8.39. The highest BCUT2D eigenvalue weighted by molar-refractivity contribution is 6.00. The zero-order valence-electron chi connectivity index (χ0n) is 15.0. The lowest BCUT2D eigenvalue weighted by atomic mass is 10.1. The number of aryl methyl sites for hydroxylation is 2. The van der Waals surface area contributed by atoms with Gasteiger partial charge in [0.15, 0.2) is 0 Å². The summed E-state index contributed by atoms with van der Waals surface area (Å²) in [4.78, 5) is 11.0. The molecule has 0 saturated heterocycles. The van der Waals surface area contributed by atoms with Crippen molar-refractivity contribution < 1.29 is 14.3 Å². The predicted molar refractivity (Wildman–Crippen MR) is 101 cm³/mol. The standard InChI is InChI=1S/C21H22N2O3/c1-3-16-10-15(2)11-20(13-16)26-9-8-25-19-6-4-17(5-7-19)12-18(14-22)21(23)24/h4-7,10-13H,3,8-9H2,1-2H3,(H2,23,24). The number of ether oxygens (including phenoxy) is 2. The van der Waals surface area contributed by atoms with E-state index in [2.05, 4.69) is 19.9 Å². The molecular weight excluding hydrogens is 328 g/mol. The fraction of sp³-hybridized carbons (Fsp3) is 0.238. The van der Waals surface area contributed by atoms with Crippen LogP contribution in [0.1, 0.15) is 23.6 Å². The van der Waals surface area contributed by atoms with Crippen molar-refractivity contribution >= 4 is 12.0 Å². The molecule has 0 bridgehead atoms. The number of hydrogen-bond acceptors (Lipinski definition) is 4. The van der Waals surface area contributed by atoms with Gasteiger partial charge in [0.2, 0.25) is 0 Å². The van der Waals surface area contributed by atoms with Gasteiger partial charge in [0.05, 0.1) is 0 Å². The van der Waals surface area contributed by atoms with Crippen LogP contribution in [-0.4, -0.2) is 19.1 Å². The predicted octanol–water partition coefficient (Wildman–Crippen LogP) is 3.41. The maximum absolute atomic E-state index is 11.0. The van der Waals surface area contributed by atoms with E-state index in [-0.39, 0.29) is 5.57 Å². The van der Waals surface area contributed by atoms with E-state index in [1.807, 2.05) is 12.1 Å². The summed E-state index contributed by atoms with van der Waals surface area (Å²) >= 11 is 0. The monoisotopic (exact) mass is 350 g/mol. The number of benzene rings is 2. The second-order valence-electron chi connectivity index (χ2n) is 5.81. The minimum absolute atomic E-state index is 0.0864. The van der Waals surface area contributed by atoms with Crippen LogP contribution < -0.4 is 15.2 Å². The van der Waals surface area contributed by atoms with Crippen LogP contribution in [0.25, 0.3) is 6.08 Å². The third kappa shape index (κ3) is 5.67. The average Bonchev–Trinajstić information content (AvgIpc) is 2.63. The number of nitriles is 1.